The van der Waals surface area contributed by atoms with Crippen molar-refractivity contribution >= 4 is 15.8 Å². The van der Waals surface area contributed by atoms with Gasteiger partial charge in [-0.25, -0.2) is 8.42 Å². The molecule has 2 fully saturated rings. The van der Waals surface area contributed by atoms with Crippen molar-refractivity contribution in [1.82, 2.24) is 10.6 Å². The first-order valence-electron chi connectivity index (χ1n) is 9.95. The molecule has 0 spiro atoms. The fourth-order valence-corrected chi connectivity index (χ4v) is 5.62. The molecule has 8 heteroatoms. The molecule has 0 aromatic heterocycles. The second-order valence-electron chi connectivity index (χ2n) is 7.52. The summed E-state index contributed by atoms with van der Waals surface area (Å²) in [6.07, 6.45) is 2.46. The van der Waals surface area contributed by atoms with Crippen molar-refractivity contribution in [1.29, 1.82) is 0 Å². The van der Waals surface area contributed by atoms with E-state index in [0.717, 1.165) is 31.8 Å². The molecule has 2 heterocycles. The predicted molar refractivity (Wildman–Crippen MR) is 111 cm³/mol. The number of nitrogens with one attached hydrogen (secondary N) is 2. The lowest BCUT2D eigenvalue weighted by Crippen LogP contribution is -2.50. The molecule has 1 atom stereocenters. The van der Waals surface area contributed by atoms with E-state index in [1.54, 1.807) is 7.05 Å². The number of nitrogens with zero attached hydrogens (tertiary/aromatic N) is 1. The van der Waals surface area contributed by atoms with E-state index in [0.29, 0.717) is 25.5 Å². The first-order chi connectivity index (χ1) is 13.5. The van der Waals surface area contributed by atoms with Crippen LogP contribution in [0.25, 0.3) is 0 Å². The molecule has 0 radical (unpaired) electrons. The maximum Gasteiger partial charge on any atom is 0.191 e. The maximum atomic E-state index is 11.7. The summed E-state index contributed by atoms with van der Waals surface area (Å²) in [7, 11) is -1.21. The van der Waals surface area contributed by atoms with Gasteiger partial charge in [0.2, 0.25) is 0 Å². The van der Waals surface area contributed by atoms with Crippen molar-refractivity contribution in [2.75, 3.05) is 44.9 Å². The van der Waals surface area contributed by atoms with Gasteiger partial charge in [-0.3, -0.25) is 4.99 Å². The Kier molecular flexibility index (Phi) is 6.82. The molecule has 0 bridgehead atoms. The molecule has 2 saturated heterocycles. The van der Waals surface area contributed by atoms with Gasteiger partial charge in [-0.2, -0.15) is 0 Å². The van der Waals surface area contributed by atoms with Crippen LogP contribution < -0.4 is 15.4 Å². The van der Waals surface area contributed by atoms with Gasteiger partial charge in [0.25, 0.3) is 0 Å². The molecule has 3 rings (SSSR count). The van der Waals surface area contributed by atoms with Crippen molar-refractivity contribution < 1.29 is 17.9 Å². The van der Waals surface area contributed by atoms with Gasteiger partial charge in [0.1, 0.15) is 5.75 Å². The molecular formula is C20H31N3O4S. The number of ether oxygens (including phenoxy) is 2. The fraction of sp³-hybridized carbons (Fsp3) is 0.650. The van der Waals surface area contributed by atoms with E-state index in [1.807, 2.05) is 19.1 Å². The highest BCUT2D eigenvalue weighted by Crippen LogP contribution is 2.35. The van der Waals surface area contributed by atoms with Crippen molar-refractivity contribution in [3.8, 4) is 5.75 Å². The number of rotatable bonds is 6. The highest BCUT2D eigenvalue weighted by atomic mass is 32.2. The molecule has 2 aliphatic rings. The van der Waals surface area contributed by atoms with Gasteiger partial charge in [-0.1, -0.05) is 12.1 Å². The van der Waals surface area contributed by atoms with Crippen LogP contribution in [-0.4, -0.2) is 65.3 Å². The summed E-state index contributed by atoms with van der Waals surface area (Å²) in [5, 5.41) is 6.69. The quantitative estimate of drug-likeness (QED) is 0.547. The maximum absolute atomic E-state index is 11.7. The molecule has 28 heavy (non-hydrogen) atoms. The molecule has 1 aromatic carbocycles. The minimum atomic E-state index is -2.92. The third-order valence-electron chi connectivity index (χ3n) is 5.62. The Bertz CT molecular complexity index is 771. The lowest BCUT2D eigenvalue weighted by molar-refractivity contribution is 0.0513. The summed E-state index contributed by atoms with van der Waals surface area (Å²) < 4.78 is 34.6. The predicted octanol–water partition coefficient (Wildman–Crippen LogP) is 1.49. The molecule has 156 valence electrons. The molecule has 1 aromatic rings. The lowest BCUT2D eigenvalue weighted by atomic mass is 9.74. The molecular weight excluding hydrogens is 378 g/mol. The Morgan fingerprint density at radius 2 is 2.00 bits per heavy atom. The average Bonchev–Trinajstić information content (AvgIpc) is 3.05. The summed E-state index contributed by atoms with van der Waals surface area (Å²) >= 11 is 0. The van der Waals surface area contributed by atoms with Crippen LogP contribution >= 0.6 is 0 Å². The van der Waals surface area contributed by atoms with Crippen molar-refractivity contribution in [3.63, 3.8) is 0 Å². The van der Waals surface area contributed by atoms with Crippen LogP contribution in [0.15, 0.2) is 29.3 Å². The first kappa shape index (κ1) is 20.9. The Morgan fingerprint density at radius 3 is 2.57 bits per heavy atom. The van der Waals surface area contributed by atoms with Crippen LogP contribution in [0.5, 0.6) is 5.75 Å². The zero-order chi connectivity index (χ0) is 20.0. The summed E-state index contributed by atoms with van der Waals surface area (Å²) in [6.45, 7) is 4.79. The van der Waals surface area contributed by atoms with E-state index in [4.69, 9.17) is 9.47 Å². The number of guanidine groups is 1. The van der Waals surface area contributed by atoms with E-state index in [2.05, 4.69) is 27.8 Å². The molecule has 7 nitrogen and oxygen atoms in total. The van der Waals surface area contributed by atoms with Gasteiger partial charge in [0.05, 0.1) is 18.1 Å². The minimum absolute atomic E-state index is 0.0532. The van der Waals surface area contributed by atoms with Crippen LogP contribution in [0.3, 0.4) is 0 Å². The van der Waals surface area contributed by atoms with Gasteiger partial charge in [-0.15, -0.1) is 0 Å². The monoisotopic (exact) mass is 409 g/mol. The van der Waals surface area contributed by atoms with Gasteiger partial charge in [0, 0.05) is 38.3 Å². The summed E-state index contributed by atoms with van der Waals surface area (Å²) in [4.78, 5) is 4.30. The molecule has 0 amide bonds. The van der Waals surface area contributed by atoms with E-state index >= 15 is 0 Å². The zero-order valence-electron chi connectivity index (χ0n) is 16.7. The summed E-state index contributed by atoms with van der Waals surface area (Å²) in [6, 6.07) is 8.24. The highest BCUT2D eigenvalue weighted by molar-refractivity contribution is 7.91. The number of benzene rings is 1. The second-order valence-corrected chi connectivity index (χ2v) is 9.75. The zero-order valence-corrected chi connectivity index (χ0v) is 17.6. The van der Waals surface area contributed by atoms with Crippen molar-refractivity contribution in [2.45, 2.75) is 37.6 Å². The van der Waals surface area contributed by atoms with Crippen LogP contribution in [0.2, 0.25) is 0 Å². The van der Waals surface area contributed by atoms with Crippen LogP contribution in [0, 0.1) is 0 Å². The molecule has 1 unspecified atom stereocenters. The largest absolute Gasteiger partial charge is 0.494 e. The second kappa shape index (κ2) is 9.13. The SMILES string of the molecule is CCOc1ccc(C2(CNC(=NC)NC3CCS(=O)(=O)C3)CCOCC2)cc1. The standard InChI is InChI=1S/C20H31N3O4S/c1-3-27-18-6-4-16(5-7-18)20(9-11-26-12-10-20)15-22-19(21-2)23-17-8-13-28(24,25)14-17/h4-7,17H,3,8-15H2,1-2H3,(H2,21,22,23). The normalized spacial score (nSPS) is 23.9. The molecule has 0 saturated carbocycles. The average molecular weight is 410 g/mol. The third-order valence-corrected chi connectivity index (χ3v) is 7.39. The van der Waals surface area contributed by atoms with Gasteiger partial charge >= 0.3 is 0 Å². The number of hydrogen-bond donors (Lipinski definition) is 2. The summed E-state index contributed by atoms with van der Waals surface area (Å²) in [5.41, 5.74) is 1.20. The lowest BCUT2D eigenvalue weighted by Gasteiger charge is -2.38. The van der Waals surface area contributed by atoms with Crippen LogP contribution in [0.4, 0.5) is 0 Å². The Labute approximate surface area is 167 Å². The van der Waals surface area contributed by atoms with Crippen molar-refractivity contribution in [3.05, 3.63) is 29.8 Å². The van der Waals surface area contributed by atoms with Gasteiger partial charge in [0.15, 0.2) is 15.8 Å². The van der Waals surface area contributed by atoms with Crippen molar-refractivity contribution in [2.24, 2.45) is 4.99 Å². The van der Waals surface area contributed by atoms with E-state index in [-0.39, 0.29) is 23.0 Å². The Hall–Kier alpha value is -1.80. The minimum Gasteiger partial charge on any atom is -0.494 e. The van der Waals surface area contributed by atoms with Gasteiger partial charge in [-0.05, 0) is 43.9 Å². The van der Waals surface area contributed by atoms with E-state index in [9.17, 15) is 8.42 Å². The Balaban J connectivity index is 1.68. The fourth-order valence-electron chi connectivity index (χ4n) is 3.95. The van der Waals surface area contributed by atoms with Gasteiger partial charge < -0.3 is 20.1 Å². The van der Waals surface area contributed by atoms with Crippen LogP contribution in [-0.2, 0) is 20.0 Å². The first-order valence-corrected chi connectivity index (χ1v) is 11.8. The van der Waals surface area contributed by atoms with E-state index < -0.39 is 9.84 Å². The number of sulfone groups is 1. The molecule has 2 N–H and O–H groups in total. The smallest absolute Gasteiger partial charge is 0.191 e. The number of hydrogen-bond acceptors (Lipinski definition) is 5. The third kappa shape index (κ3) is 5.17. The van der Waals surface area contributed by atoms with Crippen LogP contribution in [0.1, 0.15) is 31.7 Å². The topological polar surface area (TPSA) is 89.0 Å². The molecule has 0 aliphatic carbocycles. The van der Waals surface area contributed by atoms with E-state index in [1.165, 1.54) is 5.56 Å². The Morgan fingerprint density at radius 1 is 1.29 bits per heavy atom. The number of aliphatic imine (C=N–C) groups is 1. The highest BCUT2D eigenvalue weighted by Gasteiger charge is 2.35. The summed E-state index contributed by atoms with van der Waals surface area (Å²) in [5.74, 6) is 1.95. The molecule has 2 aliphatic heterocycles.